The second-order valence-electron chi connectivity index (χ2n) is 9.31. The van der Waals surface area contributed by atoms with E-state index in [1.807, 2.05) is 0 Å². The van der Waals surface area contributed by atoms with E-state index in [2.05, 4.69) is 196 Å². The van der Waals surface area contributed by atoms with Gasteiger partial charge in [0.25, 0.3) is 0 Å². The lowest BCUT2D eigenvalue weighted by atomic mass is 9.98. The highest BCUT2D eigenvalue weighted by atomic mass is 79.9. The second-order valence-corrected chi connectivity index (χ2v) is 18.2. The van der Waals surface area contributed by atoms with Gasteiger partial charge in [0.2, 0.25) is 0 Å². The Morgan fingerprint density at radius 1 is 0.537 bits per heavy atom. The minimum Gasteiger partial charge on any atom is -0.492 e. The van der Waals surface area contributed by atoms with Crippen molar-refractivity contribution < 1.29 is 9.47 Å². The molecule has 0 N–H and O–H groups in total. The standard InChI is InChI=1S/C29H22Br10O2/c30-12-18(32)1-3-40-28-24-16(10-22(36)26(28)38)6-14(8-20(24)34)5-15-7-17-11-23(37)27(39)29(25(17)21(35)9-15)41-4-2-19(33)13-31/h6-11,18-19H,1-5,12-13H2. The third-order valence-electron chi connectivity index (χ3n) is 6.30. The summed E-state index contributed by atoms with van der Waals surface area (Å²) in [4.78, 5) is 0.725. The van der Waals surface area contributed by atoms with Crippen LogP contribution in [0.1, 0.15) is 24.0 Å². The number of rotatable bonds is 12. The highest BCUT2D eigenvalue weighted by molar-refractivity contribution is 9.14. The van der Waals surface area contributed by atoms with Crippen molar-refractivity contribution in [3.05, 3.63) is 74.4 Å². The van der Waals surface area contributed by atoms with E-state index in [-0.39, 0.29) is 0 Å². The average Bonchev–Trinajstić information content (AvgIpc) is 2.92. The molecule has 2 unspecified atom stereocenters. The SMILES string of the molecule is BrCC(Br)CCOc1c(Br)c(Br)cc2cc(Cc3cc(Br)c4c(OCCC(Br)CBr)c(Br)c(Br)cc4c3)cc(Br)c12. The number of alkyl halides is 4. The Bertz CT molecular complexity index is 1440. The molecule has 0 aliphatic heterocycles. The number of halogens is 10. The van der Waals surface area contributed by atoms with Crippen LogP contribution in [0.4, 0.5) is 0 Å². The van der Waals surface area contributed by atoms with Gasteiger partial charge in [0.1, 0.15) is 11.5 Å². The molecule has 0 heterocycles. The zero-order valence-electron chi connectivity index (χ0n) is 21.2. The molecule has 2 atom stereocenters. The van der Waals surface area contributed by atoms with E-state index >= 15 is 0 Å². The maximum atomic E-state index is 6.30. The number of hydrogen-bond donors (Lipinski definition) is 0. The van der Waals surface area contributed by atoms with Gasteiger partial charge in [-0.15, -0.1) is 0 Å². The Labute approximate surface area is 324 Å². The van der Waals surface area contributed by atoms with Gasteiger partial charge < -0.3 is 9.47 Å². The van der Waals surface area contributed by atoms with Crippen LogP contribution in [-0.4, -0.2) is 33.5 Å². The van der Waals surface area contributed by atoms with Gasteiger partial charge in [-0.2, -0.15) is 0 Å². The third kappa shape index (κ3) is 8.99. The largest absolute Gasteiger partial charge is 0.492 e. The summed E-state index contributed by atoms with van der Waals surface area (Å²) < 4.78 is 18.3. The molecular formula is C29H22Br10O2. The van der Waals surface area contributed by atoms with Crippen molar-refractivity contribution in [1.29, 1.82) is 0 Å². The van der Waals surface area contributed by atoms with Crippen LogP contribution < -0.4 is 9.47 Å². The summed E-state index contributed by atoms with van der Waals surface area (Å²) >= 11 is 36.9. The number of fused-ring (bicyclic) bond motifs is 2. The number of benzene rings is 4. The van der Waals surface area contributed by atoms with E-state index in [1.165, 1.54) is 11.1 Å². The molecule has 0 bridgehead atoms. The third-order valence-corrected chi connectivity index (χ3v) is 16.3. The summed E-state index contributed by atoms with van der Waals surface area (Å²) in [5.74, 6) is 1.67. The van der Waals surface area contributed by atoms with Crippen LogP contribution in [0.25, 0.3) is 21.5 Å². The Hall–Kier alpha value is 1.80. The fourth-order valence-electron chi connectivity index (χ4n) is 4.36. The lowest BCUT2D eigenvalue weighted by Gasteiger charge is -2.17. The number of hydrogen-bond acceptors (Lipinski definition) is 2. The first-order valence-electron chi connectivity index (χ1n) is 12.4. The average molecular weight is 1200 g/mol. The normalized spacial score (nSPS) is 13.1. The highest BCUT2D eigenvalue weighted by Gasteiger charge is 2.18. The quantitative estimate of drug-likeness (QED) is 0.132. The van der Waals surface area contributed by atoms with Crippen LogP contribution >= 0.6 is 159 Å². The van der Waals surface area contributed by atoms with E-state index in [9.17, 15) is 0 Å². The van der Waals surface area contributed by atoms with E-state index in [4.69, 9.17) is 9.47 Å². The van der Waals surface area contributed by atoms with Gasteiger partial charge in [0.05, 0.1) is 22.2 Å². The molecular weight excluding hydrogens is 1180 g/mol. The lowest BCUT2D eigenvalue weighted by Crippen LogP contribution is -2.08. The van der Waals surface area contributed by atoms with Crippen LogP contribution in [0, 0.1) is 0 Å². The highest BCUT2D eigenvalue weighted by Crippen LogP contribution is 2.45. The minimum atomic E-state index is 0.362. The molecule has 2 nitrogen and oxygen atoms in total. The molecule has 0 saturated heterocycles. The van der Waals surface area contributed by atoms with Crippen molar-refractivity contribution in [2.45, 2.75) is 28.9 Å². The van der Waals surface area contributed by atoms with Crippen molar-refractivity contribution in [2.24, 2.45) is 0 Å². The van der Waals surface area contributed by atoms with E-state index in [0.29, 0.717) is 22.9 Å². The molecule has 12 heteroatoms. The van der Waals surface area contributed by atoms with Crippen LogP contribution in [-0.2, 0) is 6.42 Å². The zero-order chi connectivity index (χ0) is 29.8. The van der Waals surface area contributed by atoms with E-state index < -0.39 is 0 Å². The Morgan fingerprint density at radius 2 is 0.927 bits per heavy atom. The topological polar surface area (TPSA) is 18.5 Å². The second kappa shape index (κ2) is 16.6. The predicted molar refractivity (Wildman–Crippen MR) is 210 cm³/mol. The minimum absolute atomic E-state index is 0.362. The van der Waals surface area contributed by atoms with Crippen LogP contribution in [0.5, 0.6) is 11.5 Å². The van der Waals surface area contributed by atoms with Crippen molar-refractivity contribution in [2.75, 3.05) is 23.9 Å². The molecule has 41 heavy (non-hydrogen) atoms. The molecule has 0 spiro atoms. The molecule has 4 rings (SSSR count). The van der Waals surface area contributed by atoms with Crippen molar-refractivity contribution in [3.63, 3.8) is 0 Å². The smallest absolute Gasteiger partial charge is 0.143 e. The first kappa shape index (κ1) is 35.7. The van der Waals surface area contributed by atoms with Gasteiger partial charge in [-0.3, -0.25) is 0 Å². The summed E-state index contributed by atoms with van der Waals surface area (Å²) in [6.07, 6.45) is 2.56. The van der Waals surface area contributed by atoms with E-state index in [1.54, 1.807) is 0 Å². The molecule has 0 aliphatic carbocycles. The van der Waals surface area contributed by atoms with Gasteiger partial charge in [0, 0.05) is 49.0 Å². The molecule has 0 aliphatic rings. The molecule has 0 saturated carbocycles. The zero-order valence-corrected chi connectivity index (χ0v) is 37.0. The monoisotopic (exact) mass is 1190 g/mol. The lowest BCUT2D eigenvalue weighted by molar-refractivity contribution is 0.314. The molecule has 0 aromatic heterocycles. The van der Waals surface area contributed by atoms with Gasteiger partial charge >= 0.3 is 0 Å². The molecule has 0 amide bonds. The summed E-state index contributed by atoms with van der Waals surface area (Å²) in [6, 6.07) is 13.1. The summed E-state index contributed by atoms with van der Waals surface area (Å²) in [5.41, 5.74) is 2.39. The molecule has 0 fully saturated rings. The van der Waals surface area contributed by atoms with Crippen molar-refractivity contribution in [3.8, 4) is 11.5 Å². The molecule has 0 radical (unpaired) electrons. The van der Waals surface area contributed by atoms with Gasteiger partial charge in [-0.05, 0) is 129 Å². The fraction of sp³-hybridized carbons (Fsp3) is 0.310. The van der Waals surface area contributed by atoms with Crippen LogP contribution in [0.3, 0.4) is 0 Å². The summed E-state index contributed by atoms with van der Waals surface area (Å²) in [7, 11) is 0. The fourth-order valence-corrected chi connectivity index (χ4v) is 8.49. The first-order valence-corrected chi connectivity index (χ1v) is 21.2. The maximum absolute atomic E-state index is 6.30. The van der Waals surface area contributed by atoms with Crippen LogP contribution in [0.15, 0.2) is 63.2 Å². The van der Waals surface area contributed by atoms with Crippen molar-refractivity contribution in [1.82, 2.24) is 0 Å². The number of ether oxygens (including phenoxy) is 2. The van der Waals surface area contributed by atoms with Gasteiger partial charge in [0.15, 0.2) is 0 Å². The molecule has 4 aromatic rings. The Balaban J connectivity index is 1.67. The predicted octanol–water partition coefficient (Wildman–Crippen LogP) is 14.0. The maximum Gasteiger partial charge on any atom is 0.143 e. The summed E-state index contributed by atoms with van der Waals surface area (Å²) in [6.45, 7) is 1.21. The summed E-state index contributed by atoms with van der Waals surface area (Å²) in [5, 5.41) is 6.07. The van der Waals surface area contributed by atoms with Gasteiger partial charge in [-0.25, -0.2) is 0 Å². The Kier molecular flexibility index (Phi) is 14.4. The van der Waals surface area contributed by atoms with Gasteiger partial charge in [-0.1, -0.05) is 108 Å². The van der Waals surface area contributed by atoms with E-state index in [0.717, 1.165) is 89.8 Å². The van der Waals surface area contributed by atoms with Crippen molar-refractivity contribution >= 4 is 181 Å². The molecule has 4 aromatic carbocycles. The van der Waals surface area contributed by atoms with Crippen LogP contribution in [0.2, 0.25) is 0 Å². The first-order chi connectivity index (χ1) is 19.5. The molecule has 220 valence electrons. The Morgan fingerprint density at radius 3 is 1.29 bits per heavy atom.